The number of nitrogens with zero attached hydrogens (tertiary/aromatic N) is 4. The average molecular weight is 506 g/mol. The van der Waals surface area contributed by atoms with E-state index in [1.165, 1.54) is 30.3 Å². The maximum atomic E-state index is 12.6. The van der Waals surface area contributed by atoms with Crippen LogP contribution >= 0.6 is 0 Å². The number of guanidine groups is 1. The Morgan fingerprint density at radius 1 is 1.24 bits per heavy atom. The second-order valence-corrected chi connectivity index (χ2v) is 7.39. The normalized spacial score (nSPS) is 10.2. The fraction of sp³-hybridized carbons (Fsp3) is 0.174. The molecule has 0 amide bonds. The van der Waals surface area contributed by atoms with Crippen molar-refractivity contribution in [3.05, 3.63) is 63.7 Å². The molecule has 1 heterocycles. The van der Waals surface area contributed by atoms with E-state index in [-0.39, 0.29) is 35.2 Å². The summed E-state index contributed by atoms with van der Waals surface area (Å²) in [6, 6.07) is 11.6. The number of nitro groups is 1. The van der Waals surface area contributed by atoms with Crippen LogP contribution in [0.2, 0.25) is 0 Å². The van der Waals surface area contributed by atoms with Crippen molar-refractivity contribution < 1.29 is 23.9 Å². The Kier molecular flexibility index (Phi) is 8.34. The number of hydrogen-bond acceptors (Lipinski definition) is 11. The molecule has 3 aromatic rings. The second-order valence-electron chi connectivity index (χ2n) is 7.39. The van der Waals surface area contributed by atoms with Gasteiger partial charge in [-0.3, -0.25) is 15.5 Å². The Hall–Kier alpha value is -5.45. The molecular formula is C23H22N8O6. The van der Waals surface area contributed by atoms with Crippen LogP contribution in [0, 0.1) is 26.9 Å². The quantitative estimate of drug-likeness (QED) is 0.0771. The molecule has 0 spiro atoms. The van der Waals surface area contributed by atoms with Gasteiger partial charge in [0.15, 0.2) is 5.96 Å². The third-order valence-corrected chi connectivity index (χ3v) is 4.63. The molecule has 0 atom stereocenters. The standard InChI is InChI=1S/C23H22N8O6/c1-2-3-9-35-21(32)16-8-7-13(12-24)10-17(16)37-20-18(31(33)34)19(25)29-23(30-20)36-15-6-4-5-14(11-15)28-22(26)27/h4-8,10-11H,2-3,9H2,1H3,(H2,25,29,30)(H4,26,27,28). The number of nitrogen functional groups attached to an aromatic ring is 1. The van der Waals surface area contributed by atoms with Crippen LogP contribution in [0.15, 0.2) is 42.5 Å². The summed E-state index contributed by atoms with van der Waals surface area (Å²) in [4.78, 5) is 31.2. The number of nitriles is 1. The Morgan fingerprint density at radius 2 is 2.03 bits per heavy atom. The lowest BCUT2D eigenvalue weighted by Gasteiger charge is -2.13. The molecule has 3 rings (SSSR count). The first kappa shape index (κ1) is 26.2. The predicted octanol–water partition coefficient (Wildman–Crippen LogP) is 3.69. The minimum Gasteiger partial charge on any atom is -0.462 e. The van der Waals surface area contributed by atoms with Crippen LogP contribution in [0.5, 0.6) is 23.4 Å². The first-order valence-electron chi connectivity index (χ1n) is 10.8. The van der Waals surface area contributed by atoms with Crippen molar-refractivity contribution >= 4 is 29.1 Å². The van der Waals surface area contributed by atoms with Crippen molar-refractivity contribution in [2.45, 2.75) is 19.8 Å². The Balaban J connectivity index is 2.01. The van der Waals surface area contributed by atoms with E-state index in [4.69, 9.17) is 31.1 Å². The van der Waals surface area contributed by atoms with Gasteiger partial charge in [-0.1, -0.05) is 19.4 Å². The predicted molar refractivity (Wildman–Crippen MR) is 132 cm³/mol. The summed E-state index contributed by atoms with van der Waals surface area (Å²) in [5.74, 6) is -2.25. The molecule has 0 radical (unpaired) electrons. The fourth-order valence-electron chi connectivity index (χ4n) is 2.95. The molecule has 37 heavy (non-hydrogen) atoms. The highest BCUT2D eigenvalue weighted by Gasteiger charge is 2.28. The highest BCUT2D eigenvalue weighted by molar-refractivity contribution is 5.93. The Morgan fingerprint density at radius 3 is 2.70 bits per heavy atom. The molecule has 0 unspecified atom stereocenters. The minimum absolute atomic E-state index is 0.0768. The van der Waals surface area contributed by atoms with Crippen LogP contribution in [-0.2, 0) is 4.74 Å². The van der Waals surface area contributed by atoms with Crippen LogP contribution in [0.25, 0.3) is 0 Å². The number of benzene rings is 2. The largest absolute Gasteiger partial charge is 0.462 e. The van der Waals surface area contributed by atoms with Crippen molar-refractivity contribution in [2.24, 2.45) is 5.73 Å². The highest BCUT2D eigenvalue weighted by atomic mass is 16.6. The zero-order chi connectivity index (χ0) is 26.9. The van der Waals surface area contributed by atoms with Crippen LogP contribution in [0.4, 0.5) is 17.2 Å². The number of carbonyl (C=O) groups is 1. The number of carbonyl (C=O) groups excluding carboxylic acids is 1. The van der Waals surface area contributed by atoms with E-state index in [1.54, 1.807) is 12.1 Å². The van der Waals surface area contributed by atoms with E-state index in [0.29, 0.717) is 12.1 Å². The molecule has 0 aliphatic carbocycles. The van der Waals surface area contributed by atoms with E-state index >= 15 is 0 Å². The molecule has 0 aliphatic heterocycles. The number of nitrogens with one attached hydrogen (secondary N) is 2. The lowest BCUT2D eigenvalue weighted by molar-refractivity contribution is -0.385. The Labute approximate surface area is 210 Å². The number of unbranched alkanes of at least 4 members (excludes halogenated alkanes) is 1. The summed E-state index contributed by atoms with van der Waals surface area (Å²) in [5.41, 5.74) is 10.8. The highest BCUT2D eigenvalue weighted by Crippen LogP contribution is 2.37. The summed E-state index contributed by atoms with van der Waals surface area (Å²) < 4.78 is 16.4. The van der Waals surface area contributed by atoms with Crippen molar-refractivity contribution in [1.82, 2.24) is 9.97 Å². The SMILES string of the molecule is CCCCOC(=O)c1ccc(C#N)cc1Oc1nc(Oc2cccc(NC(=N)N)c2)nc(N)c1[N+](=O)[O-]. The fourth-order valence-corrected chi connectivity index (χ4v) is 2.95. The zero-order valence-corrected chi connectivity index (χ0v) is 19.6. The molecule has 0 fully saturated rings. The molecule has 190 valence electrons. The lowest BCUT2D eigenvalue weighted by Crippen LogP contribution is -2.20. The maximum absolute atomic E-state index is 12.6. The van der Waals surface area contributed by atoms with Gasteiger partial charge in [0.2, 0.25) is 5.82 Å². The Bertz CT molecular complexity index is 1390. The lowest BCUT2D eigenvalue weighted by atomic mass is 10.1. The summed E-state index contributed by atoms with van der Waals surface area (Å²) in [5, 5.41) is 30.9. The molecule has 0 saturated carbocycles. The van der Waals surface area contributed by atoms with E-state index < -0.39 is 34.3 Å². The second kappa shape index (κ2) is 11.8. The van der Waals surface area contributed by atoms with Gasteiger partial charge < -0.3 is 31.0 Å². The van der Waals surface area contributed by atoms with Gasteiger partial charge in [-0.15, -0.1) is 0 Å². The average Bonchev–Trinajstić information content (AvgIpc) is 2.83. The summed E-state index contributed by atoms with van der Waals surface area (Å²) in [6.07, 6.45) is 1.43. The molecule has 6 N–H and O–H groups in total. The van der Waals surface area contributed by atoms with Gasteiger partial charge in [0.25, 0.3) is 0 Å². The van der Waals surface area contributed by atoms with Gasteiger partial charge in [0.05, 0.1) is 23.2 Å². The third kappa shape index (κ3) is 6.79. The maximum Gasteiger partial charge on any atom is 0.373 e. The van der Waals surface area contributed by atoms with Gasteiger partial charge in [-0.05, 0) is 36.8 Å². The van der Waals surface area contributed by atoms with Gasteiger partial charge in [-0.2, -0.15) is 15.2 Å². The van der Waals surface area contributed by atoms with Crippen LogP contribution in [0.3, 0.4) is 0 Å². The molecule has 2 aromatic carbocycles. The molecule has 0 aliphatic rings. The van der Waals surface area contributed by atoms with Crippen LogP contribution < -0.4 is 26.3 Å². The number of hydrogen-bond donors (Lipinski definition) is 4. The van der Waals surface area contributed by atoms with Gasteiger partial charge in [0, 0.05) is 11.8 Å². The van der Waals surface area contributed by atoms with Crippen LogP contribution in [0.1, 0.15) is 35.7 Å². The molecule has 0 bridgehead atoms. The summed E-state index contributed by atoms with van der Waals surface area (Å²) >= 11 is 0. The molecule has 0 saturated heterocycles. The number of rotatable bonds is 10. The van der Waals surface area contributed by atoms with Crippen molar-refractivity contribution in [1.29, 1.82) is 10.7 Å². The topological polar surface area (TPSA) is 225 Å². The van der Waals surface area contributed by atoms with Crippen molar-refractivity contribution in [3.8, 4) is 29.5 Å². The first-order chi connectivity index (χ1) is 17.7. The van der Waals surface area contributed by atoms with E-state index in [9.17, 15) is 20.2 Å². The summed E-state index contributed by atoms with van der Waals surface area (Å²) in [6.45, 7) is 2.09. The van der Waals surface area contributed by atoms with Crippen molar-refractivity contribution in [3.63, 3.8) is 0 Å². The first-order valence-corrected chi connectivity index (χ1v) is 10.8. The van der Waals surface area contributed by atoms with Crippen LogP contribution in [-0.4, -0.2) is 33.4 Å². The zero-order valence-electron chi connectivity index (χ0n) is 19.6. The molecule has 14 nitrogen and oxygen atoms in total. The smallest absolute Gasteiger partial charge is 0.373 e. The van der Waals surface area contributed by atoms with E-state index in [2.05, 4.69) is 15.3 Å². The third-order valence-electron chi connectivity index (χ3n) is 4.63. The molecular weight excluding hydrogens is 484 g/mol. The van der Waals surface area contributed by atoms with E-state index in [0.717, 1.165) is 6.42 Å². The van der Waals surface area contributed by atoms with Gasteiger partial charge in [-0.25, -0.2) is 4.79 Å². The number of esters is 1. The van der Waals surface area contributed by atoms with E-state index in [1.807, 2.05) is 13.0 Å². The molecule has 1 aromatic heterocycles. The number of ether oxygens (including phenoxy) is 3. The van der Waals surface area contributed by atoms with Gasteiger partial charge >= 0.3 is 23.5 Å². The summed E-state index contributed by atoms with van der Waals surface area (Å²) in [7, 11) is 0. The molecule has 14 heteroatoms. The monoisotopic (exact) mass is 506 g/mol. The number of aromatic nitrogens is 2. The number of anilines is 2. The van der Waals surface area contributed by atoms with Gasteiger partial charge in [0.1, 0.15) is 17.1 Å². The van der Waals surface area contributed by atoms with Crippen molar-refractivity contribution in [2.75, 3.05) is 17.7 Å². The number of nitrogens with two attached hydrogens (primary N) is 2. The minimum atomic E-state index is -0.848.